The third-order valence-electron chi connectivity index (χ3n) is 4.03. The lowest BCUT2D eigenvalue weighted by atomic mass is 10.1. The molecule has 0 saturated carbocycles. The number of phenols is 1. The summed E-state index contributed by atoms with van der Waals surface area (Å²) < 4.78 is 0. The van der Waals surface area contributed by atoms with Gasteiger partial charge in [0.1, 0.15) is 11.4 Å². The molecule has 2 N–H and O–H groups in total. The van der Waals surface area contributed by atoms with Gasteiger partial charge in [0.05, 0.1) is 11.0 Å². The van der Waals surface area contributed by atoms with Crippen LogP contribution in [0, 0.1) is 10.1 Å². The Hall–Kier alpha value is -3.09. The molecule has 3 rings (SSSR count). The molecule has 2 aromatic carbocycles. The van der Waals surface area contributed by atoms with Gasteiger partial charge in [0, 0.05) is 12.2 Å². The van der Waals surface area contributed by atoms with Crippen molar-refractivity contribution < 1.29 is 14.8 Å². The van der Waals surface area contributed by atoms with Crippen LogP contribution in [0.3, 0.4) is 0 Å². The molecule has 0 aliphatic carbocycles. The van der Waals surface area contributed by atoms with Crippen LogP contribution < -0.4 is 10.2 Å². The largest absolute Gasteiger partial charge is 0.508 e. The fraction of sp³-hybridized carbons (Fsp3) is 0.235. The predicted molar refractivity (Wildman–Crippen MR) is 90.5 cm³/mol. The van der Waals surface area contributed by atoms with Crippen LogP contribution in [0.5, 0.6) is 5.75 Å². The maximum absolute atomic E-state index is 12.7. The summed E-state index contributed by atoms with van der Waals surface area (Å²) in [4.78, 5) is 24.8. The normalized spacial score (nSPS) is 13.8. The number of anilines is 2. The number of nitro benzene ring substituents is 1. The molecular formula is C17H17N3O4. The van der Waals surface area contributed by atoms with Crippen LogP contribution in [0.15, 0.2) is 42.5 Å². The number of carbonyl (C=O) groups is 1. The predicted octanol–water partition coefficient (Wildman–Crippen LogP) is 3.68. The fourth-order valence-electron chi connectivity index (χ4n) is 2.86. The Balaban J connectivity index is 1.90. The third-order valence-corrected chi connectivity index (χ3v) is 4.03. The first-order valence-corrected chi connectivity index (χ1v) is 7.70. The Morgan fingerprint density at radius 3 is 2.79 bits per heavy atom. The topological polar surface area (TPSA) is 95.7 Å². The number of aryl methyl sites for hydroxylation is 1. The summed E-state index contributed by atoms with van der Waals surface area (Å²) in [5.41, 5.74) is 1.63. The highest BCUT2D eigenvalue weighted by atomic mass is 16.6. The Kier molecular flexibility index (Phi) is 4.33. The van der Waals surface area contributed by atoms with Gasteiger partial charge in [-0.05, 0) is 43.0 Å². The van der Waals surface area contributed by atoms with E-state index in [1.54, 1.807) is 4.90 Å². The summed E-state index contributed by atoms with van der Waals surface area (Å²) >= 11 is 0. The standard InChI is InChI=1S/C17H17N3O4/c21-13-8-9-14(16(11-13)20(23)24)18-17(22)19-10-4-3-6-12-5-1-2-7-15(12)19/h1-2,5,7-9,11,21H,3-4,6,10H2,(H,18,22). The van der Waals surface area contributed by atoms with Gasteiger partial charge in [0.2, 0.25) is 0 Å². The first kappa shape index (κ1) is 15.8. The van der Waals surface area contributed by atoms with Gasteiger partial charge in [-0.3, -0.25) is 15.0 Å². The van der Waals surface area contributed by atoms with E-state index >= 15 is 0 Å². The van der Waals surface area contributed by atoms with E-state index in [1.807, 2.05) is 24.3 Å². The fourth-order valence-corrected chi connectivity index (χ4v) is 2.86. The van der Waals surface area contributed by atoms with E-state index in [0.29, 0.717) is 6.54 Å². The molecule has 0 radical (unpaired) electrons. The minimum atomic E-state index is -0.633. The Labute approximate surface area is 138 Å². The van der Waals surface area contributed by atoms with Gasteiger partial charge in [-0.15, -0.1) is 0 Å². The lowest BCUT2D eigenvalue weighted by Gasteiger charge is -2.23. The minimum absolute atomic E-state index is 0.0597. The molecule has 0 aromatic heterocycles. The zero-order valence-corrected chi connectivity index (χ0v) is 12.9. The number of para-hydroxylation sites is 1. The first-order valence-electron chi connectivity index (χ1n) is 7.70. The molecule has 1 aliphatic rings. The average molecular weight is 327 g/mol. The van der Waals surface area contributed by atoms with Crippen molar-refractivity contribution in [1.82, 2.24) is 0 Å². The Morgan fingerprint density at radius 1 is 1.21 bits per heavy atom. The second-order valence-electron chi connectivity index (χ2n) is 5.63. The van der Waals surface area contributed by atoms with E-state index in [1.165, 1.54) is 12.1 Å². The van der Waals surface area contributed by atoms with Gasteiger partial charge in [-0.25, -0.2) is 4.79 Å². The molecule has 0 atom stereocenters. The van der Waals surface area contributed by atoms with Crippen LogP contribution in [0.4, 0.5) is 21.9 Å². The number of benzene rings is 2. The number of aromatic hydroxyl groups is 1. The van der Waals surface area contributed by atoms with Gasteiger partial charge in [-0.1, -0.05) is 18.2 Å². The smallest absolute Gasteiger partial charge is 0.326 e. The lowest BCUT2D eigenvalue weighted by molar-refractivity contribution is -0.384. The van der Waals surface area contributed by atoms with Crippen molar-refractivity contribution in [2.24, 2.45) is 0 Å². The van der Waals surface area contributed by atoms with Gasteiger partial charge in [-0.2, -0.15) is 0 Å². The van der Waals surface area contributed by atoms with Crippen LogP contribution >= 0.6 is 0 Å². The Bertz CT molecular complexity index is 791. The highest BCUT2D eigenvalue weighted by Gasteiger charge is 2.23. The van der Waals surface area contributed by atoms with Gasteiger partial charge >= 0.3 is 6.03 Å². The van der Waals surface area contributed by atoms with E-state index < -0.39 is 11.0 Å². The first-order chi connectivity index (χ1) is 11.6. The molecular weight excluding hydrogens is 310 g/mol. The molecule has 0 saturated heterocycles. The number of fused-ring (bicyclic) bond motifs is 1. The van der Waals surface area contributed by atoms with Crippen molar-refractivity contribution in [3.05, 3.63) is 58.1 Å². The lowest BCUT2D eigenvalue weighted by Crippen LogP contribution is -2.35. The van der Waals surface area contributed by atoms with Crippen molar-refractivity contribution in [3.8, 4) is 5.75 Å². The number of nitro groups is 1. The monoisotopic (exact) mass is 327 g/mol. The number of urea groups is 1. The molecule has 0 fully saturated rings. The highest BCUT2D eigenvalue weighted by Crippen LogP contribution is 2.30. The molecule has 2 amide bonds. The summed E-state index contributed by atoms with van der Waals surface area (Å²) in [5.74, 6) is -0.222. The molecule has 0 bridgehead atoms. The maximum atomic E-state index is 12.7. The van der Waals surface area contributed by atoms with E-state index in [9.17, 15) is 20.0 Å². The summed E-state index contributed by atoms with van der Waals surface area (Å²) in [6.07, 6.45) is 2.75. The second-order valence-corrected chi connectivity index (χ2v) is 5.63. The SMILES string of the molecule is O=C(Nc1ccc(O)cc1[N+](=O)[O-])N1CCCCc2ccccc21. The average Bonchev–Trinajstić information content (AvgIpc) is 2.78. The quantitative estimate of drug-likeness (QED) is 0.499. The number of hydrogen-bond donors (Lipinski definition) is 2. The number of amides is 2. The molecule has 1 aliphatic heterocycles. The van der Waals surface area contributed by atoms with E-state index in [4.69, 9.17) is 0 Å². The van der Waals surface area contributed by atoms with E-state index in [2.05, 4.69) is 5.32 Å². The second kappa shape index (κ2) is 6.57. The molecule has 7 heteroatoms. The number of hydrogen-bond acceptors (Lipinski definition) is 4. The van der Waals surface area contributed by atoms with Gasteiger partial charge < -0.3 is 10.4 Å². The molecule has 1 heterocycles. The third kappa shape index (κ3) is 3.15. The zero-order valence-electron chi connectivity index (χ0n) is 12.9. The summed E-state index contributed by atoms with van der Waals surface area (Å²) in [6, 6.07) is 10.9. The van der Waals surface area contributed by atoms with Crippen molar-refractivity contribution in [1.29, 1.82) is 0 Å². The van der Waals surface area contributed by atoms with Crippen molar-refractivity contribution in [2.45, 2.75) is 19.3 Å². The van der Waals surface area contributed by atoms with Crippen LogP contribution in [-0.2, 0) is 6.42 Å². The van der Waals surface area contributed by atoms with Crippen molar-refractivity contribution in [2.75, 3.05) is 16.8 Å². The summed E-state index contributed by atoms with van der Waals surface area (Å²) in [6.45, 7) is 0.550. The minimum Gasteiger partial charge on any atom is -0.508 e. The molecule has 124 valence electrons. The number of nitrogens with one attached hydrogen (secondary N) is 1. The van der Waals surface area contributed by atoms with E-state index in [0.717, 1.165) is 36.6 Å². The molecule has 0 unspecified atom stereocenters. The van der Waals surface area contributed by atoms with Crippen LogP contribution in [0.2, 0.25) is 0 Å². The zero-order chi connectivity index (χ0) is 17.1. The van der Waals surface area contributed by atoms with Crippen molar-refractivity contribution in [3.63, 3.8) is 0 Å². The summed E-state index contributed by atoms with van der Waals surface area (Å²) in [7, 11) is 0. The molecule has 7 nitrogen and oxygen atoms in total. The molecule has 0 spiro atoms. The van der Waals surface area contributed by atoms with Crippen LogP contribution in [0.1, 0.15) is 18.4 Å². The number of carbonyl (C=O) groups excluding carboxylic acids is 1. The maximum Gasteiger partial charge on any atom is 0.326 e. The number of nitrogens with zero attached hydrogens (tertiary/aromatic N) is 2. The number of phenolic OH excluding ortho intramolecular Hbond substituents is 1. The molecule has 24 heavy (non-hydrogen) atoms. The number of rotatable bonds is 2. The van der Waals surface area contributed by atoms with Crippen LogP contribution in [0.25, 0.3) is 0 Å². The Morgan fingerprint density at radius 2 is 2.00 bits per heavy atom. The van der Waals surface area contributed by atoms with E-state index in [-0.39, 0.29) is 17.1 Å². The van der Waals surface area contributed by atoms with Crippen molar-refractivity contribution >= 4 is 23.1 Å². The van der Waals surface area contributed by atoms with Crippen LogP contribution in [-0.4, -0.2) is 22.6 Å². The van der Waals surface area contributed by atoms with Gasteiger partial charge in [0.25, 0.3) is 5.69 Å². The highest BCUT2D eigenvalue weighted by molar-refractivity contribution is 6.03. The summed E-state index contributed by atoms with van der Waals surface area (Å²) in [5, 5.41) is 23.1. The molecule has 2 aromatic rings. The van der Waals surface area contributed by atoms with Gasteiger partial charge in [0.15, 0.2) is 0 Å².